The Morgan fingerprint density at radius 2 is 1.76 bits per heavy atom. The zero-order valence-electron chi connectivity index (χ0n) is 16.4. The van der Waals surface area contributed by atoms with Crippen LogP contribution in [-0.4, -0.2) is 36.6 Å². The largest absolute Gasteiger partial charge is 0.491 e. The van der Waals surface area contributed by atoms with Gasteiger partial charge in [0.2, 0.25) is 15.7 Å². The summed E-state index contributed by atoms with van der Waals surface area (Å²) in [7, 11) is -3.60. The van der Waals surface area contributed by atoms with Crippen molar-refractivity contribution in [2.45, 2.75) is 62.7 Å². The summed E-state index contributed by atoms with van der Waals surface area (Å²) in [6.07, 6.45) is 5.43. The van der Waals surface area contributed by atoms with Gasteiger partial charge in [0.15, 0.2) is 0 Å². The maximum absolute atomic E-state index is 12.7. The van der Waals surface area contributed by atoms with Gasteiger partial charge in [-0.15, -0.1) is 0 Å². The number of nitrogens with zero attached hydrogens (tertiary/aromatic N) is 3. The molecule has 1 fully saturated rings. The fraction of sp³-hybridized carbons (Fsp3) is 0.450. The van der Waals surface area contributed by atoms with E-state index in [9.17, 15) is 8.42 Å². The topological polar surface area (TPSA) is 114 Å². The molecule has 0 aliphatic heterocycles. The smallest absolute Gasteiger partial charge is 0.251 e. The first kappa shape index (κ1) is 21.0. The number of sulfonamides is 1. The van der Waals surface area contributed by atoms with Gasteiger partial charge in [0.05, 0.1) is 11.0 Å². The van der Waals surface area contributed by atoms with Crippen LogP contribution in [-0.2, 0) is 10.0 Å². The van der Waals surface area contributed by atoms with Crippen molar-refractivity contribution < 1.29 is 17.9 Å². The number of rotatable bonds is 7. The summed E-state index contributed by atoms with van der Waals surface area (Å²) in [5.41, 5.74) is 0.153. The lowest BCUT2D eigenvalue weighted by Crippen LogP contribution is -2.39. The molecule has 0 spiro atoms. The van der Waals surface area contributed by atoms with E-state index in [0.29, 0.717) is 31.4 Å². The van der Waals surface area contributed by atoms with Gasteiger partial charge in [-0.25, -0.2) is 23.1 Å². The van der Waals surface area contributed by atoms with Crippen LogP contribution in [0.4, 0.5) is 0 Å². The van der Waals surface area contributed by atoms with Crippen molar-refractivity contribution in [1.82, 2.24) is 14.7 Å². The van der Waals surface area contributed by atoms with Crippen molar-refractivity contribution in [3.05, 3.63) is 42.4 Å². The highest BCUT2D eigenvalue weighted by Crippen LogP contribution is 2.25. The van der Waals surface area contributed by atoms with Gasteiger partial charge < -0.3 is 9.47 Å². The number of ether oxygens (including phenoxy) is 2. The van der Waals surface area contributed by atoms with Crippen LogP contribution in [0.1, 0.15) is 45.2 Å². The Labute approximate surface area is 171 Å². The molecule has 0 bridgehead atoms. The molecule has 1 saturated carbocycles. The molecule has 8 nitrogen and oxygen atoms in total. The second-order valence-electron chi connectivity index (χ2n) is 7.17. The van der Waals surface area contributed by atoms with Gasteiger partial charge in [-0.1, -0.05) is 0 Å². The molecule has 0 unspecified atom stereocenters. The summed E-state index contributed by atoms with van der Waals surface area (Å²) in [5.74, 6) is 0.861. The van der Waals surface area contributed by atoms with Crippen molar-refractivity contribution in [3.63, 3.8) is 0 Å². The van der Waals surface area contributed by atoms with Gasteiger partial charge >= 0.3 is 0 Å². The van der Waals surface area contributed by atoms with E-state index in [1.54, 1.807) is 24.3 Å². The fourth-order valence-corrected chi connectivity index (χ4v) is 4.51. The molecule has 1 aliphatic rings. The monoisotopic (exact) mass is 416 g/mol. The molecule has 0 radical (unpaired) electrons. The fourth-order valence-electron chi connectivity index (χ4n) is 3.20. The van der Waals surface area contributed by atoms with E-state index in [1.165, 1.54) is 12.4 Å². The zero-order chi connectivity index (χ0) is 20.9. The lowest BCUT2D eigenvalue weighted by atomic mass is 9.94. The predicted molar refractivity (Wildman–Crippen MR) is 106 cm³/mol. The van der Waals surface area contributed by atoms with Gasteiger partial charge in [-0.2, -0.15) is 5.26 Å². The summed E-state index contributed by atoms with van der Waals surface area (Å²) in [4.78, 5) is 8.20. The Morgan fingerprint density at radius 3 is 2.38 bits per heavy atom. The Hall–Kier alpha value is -2.70. The molecule has 9 heteroatoms. The molecule has 0 saturated heterocycles. The van der Waals surface area contributed by atoms with E-state index in [1.807, 2.05) is 19.9 Å². The summed E-state index contributed by atoms with van der Waals surface area (Å²) < 4.78 is 39.4. The summed E-state index contributed by atoms with van der Waals surface area (Å²) in [6.45, 7) is 3.83. The Balaban J connectivity index is 1.55. The van der Waals surface area contributed by atoms with Crippen LogP contribution in [0.3, 0.4) is 0 Å². The van der Waals surface area contributed by atoms with Gasteiger partial charge in [0.25, 0.3) is 5.88 Å². The number of aromatic nitrogens is 2. The second kappa shape index (κ2) is 9.20. The van der Waals surface area contributed by atoms with E-state index in [4.69, 9.17) is 14.7 Å². The predicted octanol–water partition coefficient (Wildman–Crippen LogP) is 2.80. The number of hydrogen-bond acceptors (Lipinski definition) is 7. The number of hydrogen-bond donors (Lipinski definition) is 1. The lowest BCUT2D eigenvalue weighted by molar-refractivity contribution is 0.137. The van der Waals surface area contributed by atoms with Crippen LogP contribution in [0.5, 0.6) is 11.6 Å². The first-order valence-corrected chi connectivity index (χ1v) is 11.0. The van der Waals surface area contributed by atoms with Crippen LogP contribution < -0.4 is 14.2 Å². The molecule has 1 N–H and O–H groups in total. The van der Waals surface area contributed by atoms with Crippen molar-refractivity contribution in [2.24, 2.45) is 0 Å². The van der Waals surface area contributed by atoms with Crippen LogP contribution >= 0.6 is 0 Å². The minimum absolute atomic E-state index is 0.0269. The van der Waals surface area contributed by atoms with Gasteiger partial charge in [-0.05, 0) is 63.8 Å². The molecule has 0 amide bonds. The van der Waals surface area contributed by atoms with E-state index in [0.717, 1.165) is 0 Å². The van der Waals surface area contributed by atoms with E-state index in [2.05, 4.69) is 14.7 Å². The lowest BCUT2D eigenvalue weighted by Gasteiger charge is -2.29. The number of nitriles is 1. The standard InChI is InChI=1S/C20H24N4O4S/c1-14(2)27-16-7-9-18(10-8-16)29(25,26)24-15-3-5-17(6-4-15)28-20-19(13-21)22-11-12-23-20/h7-12,14-15,17,24H,3-6H2,1-2H3. The van der Waals surface area contributed by atoms with E-state index < -0.39 is 10.0 Å². The average molecular weight is 417 g/mol. The minimum Gasteiger partial charge on any atom is -0.491 e. The molecule has 1 aliphatic carbocycles. The molecule has 1 aromatic heterocycles. The molecular weight excluding hydrogens is 392 g/mol. The Kier molecular flexibility index (Phi) is 6.67. The summed E-state index contributed by atoms with van der Waals surface area (Å²) in [5, 5.41) is 9.07. The second-order valence-corrected chi connectivity index (χ2v) is 8.89. The van der Waals surface area contributed by atoms with Crippen LogP contribution in [0.25, 0.3) is 0 Å². The van der Waals surface area contributed by atoms with Gasteiger partial charge in [0, 0.05) is 18.4 Å². The Morgan fingerprint density at radius 1 is 1.10 bits per heavy atom. The molecule has 1 heterocycles. The molecule has 29 heavy (non-hydrogen) atoms. The third-order valence-corrected chi connectivity index (χ3v) is 6.09. The minimum atomic E-state index is -3.60. The SMILES string of the molecule is CC(C)Oc1ccc(S(=O)(=O)NC2CCC(Oc3nccnc3C#N)CC2)cc1. The molecule has 3 rings (SSSR count). The Bertz CT molecular complexity index is 963. The maximum atomic E-state index is 12.7. The first-order chi connectivity index (χ1) is 13.9. The maximum Gasteiger partial charge on any atom is 0.251 e. The van der Waals surface area contributed by atoms with Crippen LogP contribution in [0.2, 0.25) is 0 Å². The molecule has 1 aromatic carbocycles. The molecule has 154 valence electrons. The van der Waals surface area contributed by atoms with Gasteiger partial charge in [-0.3, -0.25) is 0 Å². The highest BCUT2D eigenvalue weighted by Gasteiger charge is 2.27. The highest BCUT2D eigenvalue weighted by atomic mass is 32.2. The van der Waals surface area contributed by atoms with Crippen molar-refractivity contribution in [2.75, 3.05) is 0 Å². The zero-order valence-corrected chi connectivity index (χ0v) is 17.2. The number of benzene rings is 1. The summed E-state index contributed by atoms with van der Waals surface area (Å²) >= 11 is 0. The molecular formula is C20H24N4O4S. The normalized spacial score (nSPS) is 19.5. The highest BCUT2D eigenvalue weighted by molar-refractivity contribution is 7.89. The van der Waals surface area contributed by atoms with E-state index in [-0.39, 0.29) is 34.7 Å². The first-order valence-electron chi connectivity index (χ1n) is 9.54. The van der Waals surface area contributed by atoms with Crippen molar-refractivity contribution in [1.29, 1.82) is 5.26 Å². The van der Waals surface area contributed by atoms with Crippen LogP contribution in [0, 0.1) is 11.3 Å². The third-order valence-electron chi connectivity index (χ3n) is 4.55. The van der Waals surface area contributed by atoms with Crippen LogP contribution in [0.15, 0.2) is 41.6 Å². The molecule has 2 aromatic rings. The molecule has 0 atom stereocenters. The third kappa shape index (κ3) is 5.65. The summed E-state index contributed by atoms with van der Waals surface area (Å²) in [6, 6.07) is 8.21. The van der Waals surface area contributed by atoms with Crippen molar-refractivity contribution >= 4 is 10.0 Å². The quantitative estimate of drug-likeness (QED) is 0.738. The van der Waals surface area contributed by atoms with Crippen molar-refractivity contribution in [3.8, 4) is 17.7 Å². The number of nitrogens with one attached hydrogen (secondary N) is 1. The van der Waals surface area contributed by atoms with E-state index >= 15 is 0 Å². The average Bonchev–Trinajstić information content (AvgIpc) is 2.69. The van der Waals surface area contributed by atoms with Gasteiger partial charge in [0.1, 0.15) is 17.9 Å².